The van der Waals surface area contributed by atoms with E-state index in [1.54, 1.807) is 13.3 Å². The van der Waals surface area contributed by atoms with E-state index in [2.05, 4.69) is 20.3 Å². The number of hydrogen-bond donors (Lipinski definition) is 2. The molecule has 0 aliphatic rings. The highest BCUT2D eigenvalue weighted by molar-refractivity contribution is 5.77. The number of anilines is 1. The van der Waals surface area contributed by atoms with Crippen LogP contribution in [-0.4, -0.2) is 22.1 Å². The number of hydrogen-bond acceptors (Lipinski definition) is 5. The van der Waals surface area contributed by atoms with Gasteiger partial charge in [0.15, 0.2) is 0 Å². The lowest BCUT2D eigenvalue weighted by Crippen LogP contribution is -2.03. The molecule has 2 aromatic heterocycles. The molecule has 2 N–H and O–H groups in total. The number of rotatable bonds is 6. The van der Waals surface area contributed by atoms with Crippen molar-refractivity contribution in [3.63, 3.8) is 0 Å². The molecule has 0 aliphatic carbocycles. The zero-order valence-electron chi connectivity index (χ0n) is 14.3. The van der Waals surface area contributed by atoms with E-state index in [1.807, 2.05) is 60.7 Å². The molecule has 130 valence electrons. The summed E-state index contributed by atoms with van der Waals surface area (Å²) in [6.07, 6.45) is 1.71. The van der Waals surface area contributed by atoms with Crippen LogP contribution in [0.2, 0.25) is 0 Å². The van der Waals surface area contributed by atoms with E-state index in [-0.39, 0.29) is 0 Å². The summed E-state index contributed by atoms with van der Waals surface area (Å²) in [6, 6.07) is 19.2. The molecule has 4 rings (SSSR count). The summed E-state index contributed by atoms with van der Waals surface area (Å²) in [4.78, 5) is 12.1. The number of benzene rings is 2. The van der Waals surface area contributed by atoms with Crippen LogP contribution in [0.5, 0.6) is 17.4 Å². The molecule has 0 saturated carbocycles. The Balaban J connectivity index is 1.51. The Morgan fingerprint density at radius 1 is 1.00 bits per heavy atom. The van der Waals surface area contributed by atoms with Crippen molar-refractivity contribution in [2.24, 2.45) is 0 Å². The van der Waals surface area contributed by atoms with Crippen LogP contribution in [0.15, 0.2) is 66.9 Å². The minimum Gasteiger partial charge on any atom is -0.497 e. The highest BCUT2D eigenvalue weighted by Gasteiger charge is 2.08. The summed E-state index contributed by atoms with van der Waals surface area (Å²) in [5.74, 6) is 2.67. The van der Waals surface area contributed by atoms with Crippen molar-refractivity contribution in [3.8, 4) is 17.4 Å². The summed E-state index contributed by atoms with van der Waals surface area (Å²) in [5.41, 5.74) is 2.85. The van der Waals surface area contributed by atoms with Crippen molar-refractivity contribution in [2.45, 2.75) is 6.54 Å². The van der Waals surface area contributed by atoms with Crippen molar-refractivity contribution in [1.29, 1.82) is 0 Å². The van der Waals surface area contributed by atoms with Gasteiger partial charge in [-0.05, 0) is 30.3 Å². The fourth-order valence-electron chi connectivity index (χ4n) is 2.64. The molecule has 0 fully saturated rings. The number of nitrogens with one attached hydrogen (secondary N) is 2. The number of ether oxygens (including phenoxy) is 2. The van der Waals surface area contributed by atoms with Crippen molar-refractivity contribution in [1.82, 2.24) is 15.0 Å². The first-order chi connectivity index (χ1) is 12.8. The highest BCUT2D eigenvalue weighted by Crippen LogP contribution is 2.26. The van der Waals surface area contributed by atoms with Gasteiger partial charge in [0.2, 0.25) is 11.8 Å². The topological polar surface area (TPSA) is 72.1 Å². The van der Waals surface area contributed by atoms with Gasteiger partial charge in [-0.3, -0.25) is 0 Å². The van der Waals surface area contributed by atoms with Gasteiger partial charge in [-0.15, -0.1) is 0 Å². The van der Waals surface area contributed by atoms with E-state index < -0.39 is 0 Å². The summed E-state index contributed by atoms with van der Waals surface area (Å²) in [6.45, 7) is 0.535. The molecule has 4 aromatic rings. The second kappa shape index (κ2) is 7.14. The van der Waals surface area contributed by atoms with Gasteiger partial charge >= 0.3 is 0 Å². The SMILES string of the molecule is COc1cccc(Oc2ncccc2CNc2nc3ccccc3[nH]2)c1. The predicted molar refractivity (Wildman–Crippen MR) is 101 cm³/mol. The Morgan fingerprint density at radius 3 is 2.77 bits per heavy atom. The monoisotopic (exact) mass is 346 g/mol. The zero-order chi connectivity index (χ0) is 17.8. The maximum absolute atomic E-state index is 5.94. The number of fused-ring (bicyclic) bond motifs is 1. The number of aromatic nitrogens is 3. The van der Waals surface area contributed by atoms with Crippen LogP contribution in [0.1, 0.15) is 5.56 Å². The number of H-pyrrole nitrogens is 1. The molecule has 0 spiro atoms. The van der Waals surface area contributed by atoms with E-state index >= 15 is 0 Å². The van der Waals surface area contributed by atoms with Crippen LogP contribution in [0.3, 0.4) is 0 Å². The smallest absolute Gasteiger partial charge is 0.224 e. The molecule has 2 aromatic carbocycles. The lowest BCUT2D eigenvalue weighted by Gasteiger charge is -2.11. The summed E-state index contributed by atoms with van der Waals surface area (Å²) in [5, 5.41) is 3.29. The molecule has 6 heteroatoms. The summed E-state index contributed by atoms with van der Waals surface area (Å²) >= 11 is 0. The Labute approximate surface area is 150 Å². The van der Waals surface area contributed by atoms with Crippen LogP contribution < -0.4 is 14.8 Å². The summed E-state index contributed by atoms with van der Waals surface area (Å²) < 4.78 is 11.2. The lowest BCUT2D eigenvalue weighted by atomic mass is 10.2. The van der Waals surface area contributed by atoms with Crippen molar-refractivity contribution in [2.75, 3.05) is 12.4 Å². The van der Waals surface area contributed by atoms with Crippen LogP contribution in [-0.2, 0) is 6.54 Å². The number of methoxy groups -OCH3 is 1. The minimum atomic E-state index is 0.535. The van der Waals surface area contributed by atoms with Crippen LogP contribution in [0.25, 0.3) is 11.0 Å². The van der Waals surface area contributed by atoms with E-state index in [4.69, 9.17) is 9.47 Å². The second-order valence-corrected chi connectivity index (χ2v) is 5.70. The molecule has 0 bridgehead atoms. The first kappa shape index (κ1) is 16.0. The van der Waals surface area contributed by atoms with Gasteiger partial charge in [0, 0.05) is 24.4 Å². The predicted octanol–water partition coefficient (Wildman–Crippen LogP) is 4.37. The number of para-hydroxylation sites is 2. The Morgan fingerprint density at radius 2 is 1.88 bits per heavy atom. The Bertz CT molecular complexity index is 996. The largest absolute Gasteiger partial charge is 0.497 e. The Kier molecular flexibility index (Phi) is 4.38. The first-order valence-electron chi connectivity index (χ1n) is 8.26. The standard InChI is InChI=1S/C20H18N4O2/c1-25-15-7-4-8-16(12-15)26-19-14(6-5-11-21-19)13-22-20-23-17-9-2-3-10-18(17)24-20/h2-12H,13H2,1H3,(H2,22,23,24). The number of pyridine rings is 1. The van der Waals surface area contributed by atoms with Gasteiger partial charge in [-0.2, -0.15) is 0 Å². The fraction of sp³-hybridized carbons (Fsp3) is 0.100. The molecule has 6 nitrogen and oxygen atoms in total. The van der Waals surface area contributed by atoms with Crippen molar-refractivity contribution < 1.29 is 9.47 Å². The van der Waals surface area contributed by atoms with Crippen LogP contribution in [0.4, 0.5) is 5.95 Å². The number of imidazole rings is 1. The number of nitrogens with zero attached hydrogens (tertiary/aromatic N) is 2. The quantitative estimate of drug-likeness (QED) is 0.542. The normalized spacial score (nSPS) is 10.7. The second-order valence-electron chi connectivity index (χ2n) is 5.70. The van der Waals surface area contributed by atoms with E-state index in [1.165, 1.54) is 0 Å². The Hall–Kier alpha value is -3.54. The van der Waals surface area contributed by atoms with E-state index in [9.17, 15) is 0 Å². The molecule has 0 unspecified atom stereocenters. The van der Waals surface area contributed by atoms with Crippen molar-refractivity contribution >= 4 is 17.0 Å². The lowest BCUT2D eigenvalue weighted by molar-refractivity contribution is 0.406. The minimum absolute atomic E-state index is 0.535. The third-order valence-corrected chi connectivity index (χ3v) is 3.94. The highest BCUT2D eigenvalue weighted by atomic mass is 16.5. The van der Waals surface area contributed by atoms with E-state index in [0.717, 1.165) is 22.3 Å². The van der Waals surface area contributed by atoms with Gasteiger partial charge in [0.05, 0.1) is 18.1 Å². The van der Waals surface area contributed by atoms with Gasteiger partial charge in [0.25, 0.3) is 0 Å². The third-order valence-electron chi connectivity index (χ3n) is 3.94. The molecule has 0 atom stereocenters. The molecular formula is C20H18N4O2. The zero-order valence-corrected chi connectivity index (χ0v) is 14.3. The average molecular weight is 346 g/mol. The maximum Gasteiger partial charge on any atom is 0.224 e. The van der Waals surface area contributed by atoms with Gasteiger partial charge in [-0.25, -0.2) is 9.97 Å². The summed E-state index contributed by atoms with van der Waals surface area (Å²) in [7, 11) is 1.63. The van der Waals surface area contributed by atoms with E-state index in [0.29, 0.717) is 24.1 Å². The third kappa shape index (κ3) is 3.44. The molecule has 0 radical (unpaired) electrons. The van der Waals surface area contributed by atoms with Gasteiger partial charge < -0.3 is 19.8 Å². The maximum atomic E-state index is 5.94. The average Bonchev–Trinajstić information content (AvgIpc) is 3.10. The van der Waals surface area contributed by atoms with Crippen LogP contribution >= 0.6 is 0 Å². The molecule has 0 saturated heterocycles. The van der Waals surface area contributed by atoms with Crippen LogP contribution in [0, 0.1) is 0 Å². The molecule has 0 aliphatic heterocycles. The first-order valence-corrected chi connectivity index (χ1v) is 8.26. The molecule has 26 heavy (non-hydrogen) atoms. The molecular weight excluding hydrogens is 328 g/mol. The van der Waals surface area contributed by atoms with Crippen molar-refractivity contribution in [3.05, 3.63) is 72.4 Å². The molecule has 0 amide bonds. The molecule has 2 heterocycles. The number of aromatic amines is 1. The van der Waals surface area contributed by atoms with Gasteiger partial charge in [-0.1, -0.05) is 24.3 Å². The fourth-order valence-corrected chi connectivity index (χ4v) is 2.64. The van der Waals surface area contributed by atoms with Gasteiger partial charge in [0.1, 0.15) is 11.5 Å².